The average molecular weight is 91.1 g/mol. The highest BCUT2D eigenvalue weighted by molar-refractivity contribution is 5.69. The van der Waals surface area contributed by atoms with Crippen LogP contribution in [0.25, 0.3) is 0 Å². The van der Waals surface area contributed by atoms with Gasteiger partial charge in [-0.3, -0.25) is 11.5 Å². The monoisotopic (exact) mass is 91.0 g/mol. The molecule has 0 aliphatic rings. The molecule has 0 aliphatic carbocycles. The van der Waals surface area contributed by atoms with E-state index in [4.69, 9.17) is 5.21 Å². The molecular formula is CH5N3O2. The molecule has 0 amide bonds. The minimum Gasteiger partial charge on any atom is -0.514 e. The van der Waals surface area contributed by atoms with Crippen LogP contribution in [0.1, 0.15) is 0 Å². The summed E-state index contributed by atoms with van der Waals surface area (Å²) < 4.78 is 0. The number of hydrogen-bond acceptors (Lipinski definition) is 2. The Kier molecular flexibility index (Phi) is 1.09. The number of rotatable bonds is 0. The smallest absolute Gasteiger partial charge is 0.380 e. The largest absolute Gasteiger partial charge is 0.514 e. The van der Waals surface area contributed by atoms with E-state index in [9.17, 15) is 5.21 Å². The Bertz CT molecular complexity index is 58.9. The molecule has 0 aromatic heterocycles. The molecular weight excluding hydrogens is 86.0 g/mol. The summed E-state index contributed by atoms with van der Waals surface area (Å²) in [7, 11) is 0. The van der Waals surface area contributed by atoms with Crippen molar-refractivity contribution in [1.82, 2.24) is 0 Å². The van der Waals surface area contributed by atoms with Crippen LogP contribution in [0, 0.1) is 5.21 Å². The first-order chi connectivity index (χ1) is 2.64. The van der Waals surface area contributed by atoms with Gasteiger partial charge >= 0.3 is 5.96 Å². The van der Waals surface area contributed by atoms with E-state index < -0.39 is 10.9 Å². The number of guanidine groups is 1. The zero-order valence-electron chi connectivity index (χ0n) is 2.96. The maximum Gasteiger partial charge on any atom is 0.380 e. The fourth-order valence-electron chi connectivity index (χ4n) is 0. The molecule has 0 radical (unpaired) electrons. The minimum atomic E-state index is -0.657. The van der Waals surface area contributed by atoms with Crippen molar-refractivity contribution >= 4 is 5.96 Å². The van der Waals surface area contributed by atoms with Crippen molar-refractivity contribution in [3.8, 4) is 0 Å². The number of nitrogens with two attached hydrogens (primary N) is 2. The SMILES string of the molecule is NC(N)=[N+]([O-])O. The molecule has 36 valence electrons. The van der Waals surface area contributed by atoms with Crippen molar-refractivity contribution in [3.63, 3.8) is 0 Å². The lowest BCUT2D eigenvalue weighted by Gasteiger charge is -1.91. The van der Waals surface area contributed by atoms with Crippen LogP contribution in [0.2, 0.25) is 0 Å². The van der Waals surface area contributed by atoms with Gasteiger partial charge in [-0.25, -0.2) is 0 Å². The highest BCUT2D eigenvalue weighted by Crippen LogP contribution is 1.47. The van der Waals surface area contributed by atoms with Crippen LogP contribution in [-0.2, 0) is 0 Å². The molecule has 0 saturated heterocycles. The quantitative estimate of drug-likeness (QED) is 0.107. The molecule has 5 N–H and O–H groups in total. The van der Waals surface area contributed by atoms with Crippen LogP contribution in [0.4, 0.5) is 0 Å². The minimum absolute atomic E-state index is 0.611. The topological polar surface area (TPSA) is 98.3 Å². The molecule has 6 heavy (non-hydrogen) atoms. The molecule has 5 heteroatoms. The Morgan fingerprint density at radius 1 is 1.67 bits per heavy atom. The van der Waals surface area contributed by atoms with E-state index in [2.05, 4.69) is 11.5 Å². The Balaban J connectivity index is 3.68. The Morgan fingerprint density at radius 3 is 1.83 bits per heavy atom. The molecule has 0 aromatic rings. The lowest BCUT2D eigenvalue weighted by atomic mass is 11.1. The molecule has 0 bridgehead atoms. The van der Waals surface area contributed by atoms with E-state index >= 15 is 0 Å². The highest BCUT2D eigenvalue weighted by Gasteiger charge is 1.82. The Hall–Kier alpha value is -1.13. The van der Waals surface area contributed by atoms with Crippen LogP contribution in [0.15, 0.2) is 0 Å². The van der Waals surface area contributed by atoms with Gasteiger partial charge in [0.1, 0.15) is 0 Å². The molecule has 0 aliphatic heterocycles. The van der Waals surface area contributed by atoms with Crippen molar-refractivity contribution in [1.29, 1.82) is 0 Å². The predicted molar refractivity (Wildman–Crippen MR) is 18.8 cm³/mol. The summed E-state index contributed by atoms with van der Waals surface area (Å²) in [6, 6.07) is 0. The third kappa shape index (κ3) is 1.22. The fraction of sp³-hybridized carbons (Fsp3) is 0. The van der Waals surface area contributed by atoms with Crippen LogP contribution >= 0.6 is 0 Å². The second-order valence-corrected chi connectivity index (χ2v) is 0.698. The van der Waals surface area contributed by atoms with E-state index in [-0.39, 0.29) is 0 Å². The lowest BCUT2D eigenvalue weighted by molar-refractivity contribution is -0.727. The van der Waals surface area contributed by atoms with Gasteiger partial charge in [-0.05, 0) is 0 Å². The standard InChI is InChI=1S/CH5N3O2/c2-1(3)4(5)6/h2-3H2,(H,5,6). The third-order valence-electron chi connectivity index (χ3n) is 0.221. The molecule has 0 aromatic carbocycles. The van der Waals surface area contributed by atoms with E-state index in [1.807, 2.05) is 0 Å². The van der Waals surface area contributed by atoms with Gasteiger partial charge in [0, 0.05) is 0 Å². The summed E-state index contributed by atoms with van der Waals surface area (Å²) in [6.07, 6.45) is 0. The molecule has 0 unspecified atom stereocenters. The third-order valence-corrected chi connectivity index (χ3v) is 0.221. The summed E-state index contributed by atoms with van der Waals surface area (Å²) in [4.78, 5) is -0.611. The van der Waals surface area contributed by atoms with Gasteiger partial charge in [0.05, 0.1) is 0 Å². The van der Waals surface area contributed by atoms with Gasteiger partial charge in [-0.1, -0.05) is 4.90 Å². The van der Waals surface area contributed by atoms with Gasteiger partial charge in [-0.15, -0.1) is 0 Å². The van der Waals surface area contributed by atoms with Crippen LogP contribution in [0.3, 0.4) is 0 Å². The van der Waals surface area contributed by atoms with E-state index in [0.717, 1.165) is 0 Å². The second kappa shape index (κ2) is 1.34. The van der Waals surface area contributed by atoms with Gasteiger partial charge in [0.2, 0.25) is 0 Å². The summed E-state index contributed by atoms with van der Waals surface area (Å²) in [6.45, 7) is 0. The van der Waals surface area contributed by atoms with Gasteiger partial charge in [-0.2, -0.15) is 0 Å². The summed E-state index contributed by atoms with van der Waals surface area (Å²) in [5, 5.41) is 16.9. The average Bonchev–Trinajstić information content (AvgIpc) is 1.36. The molecule has 0 heterocycles. The fourth-order valence-corrected chi connectivity index (χ4v) is 0. The first-order valence-corrected chi connectivity index (χ1v) is 1.18. The maximum atomic E-state index is 9.33. The Labute approximate surface area is 34.0 Å². The first-order valence-electron chi connectivity index (χ1n) is 1.18. The highest BCUT2D eigenvalue weighted by atomic mass is 16.8. The van der Waals surface area contributed by atoms with Gasteiger partial charge < -0.3 is 10.4 Å². The second-order valence-electron chi connectivity index (χ2n) is 0.698. The van der Waals surface area contributed by atoms with E-state index in [0.29, 0.717) is 0 Å². The normalized spacial score (nSPS) is 7.33. The molecule has 0 rings (SSSR count). The van der Waals surface area contributed by atoms with E-state index in [1.54, 1.807) is 0 Å². The van der Waals surface area contributed by atoms with E-state index in [1.165, 1.54) is 0 Å². The number of nitrogens with zero attached hydrogens (tertiary/aromatic N) is 1. The van der Waals surface area contributed by atoms with Crippen LogP contribution in [-0.4, -0.2) is 16.1 Å². The predicted octanol–water partition coefficient (Wildman–Crippen LogP) is -1.84. The summed E-state index contributed by atoms with van der Waals surface area (Å²) in [5.41, 5.74) is 8.99. The van der Waals surface area contributed by atoms with Crippen molar-refractivity contribution in [3.05, 3.63) is 5.21 Å². The van der Waals surface area contributed by atoms with Crippen molar-refractivity contribution < 1.29 is 10.1 Å². The zero-order valence-corrected chi connectivity index (χ0v) is 2.96. The number of hydrogen-bond donors (Lipinski definition) is 3. The summed E-state index contributed by atoms with van der Waals surface area (Å²) >= 11 is 0. The molecule has 0 spiro atoms. The molecule has 0 fully saturated rings. The molecule has 5 nitrogen and oxygen atoms in total. The van der Waals surface area contributed by atoms with Crippen molar-refractivity contribution in [2.24, 2.45) is 11.5 Å². The summed E-state index contributed by atoms with van der Waals surface area (Å²) in [5.74, 6) is -0.657. The lowest BCUT2D eigenvalue weighted by Crippen LogP contribution is -2.31. The zero-order chi connectivity index (χ0) is 5.15. The van der Waals surface area contributed by atoms with Gasteiger partial charge in [0.15, 0.2) is 0 Å². The van der Waals surface area contributed by atoms with Crippen LogP contribution < -0.4 is 11.5 Å². The van der Waals surface area contributed by atoms with Gasteiger partial charge in [0.25, 0.3) is 0 Å². The van der Waals surface area contributed by atoms with Crippen LogP contribution in [0.5, 0.6) is 0 Å². The molecule has 0 saturated carbocycles. The maximum absolute atomic E-state index is 9.33. The van der Waals surface area contributed by atoms with Crippen molar-refractivity contribution in [2.75, 3.05) is 0 Å². The molecule has 0 atom stereocenters. The Morgan fingerprint density at radius 2 is 1.83 bits per heavy atom. The first kappa shape index (κ1) is 4.87. The van der Waals surface area contributed by atoms with Crippen molar-refractivity contribution in [2.45, 2.75) is 0 Å².